The van der Waals surface area contributed by atoms with Gasteiger partial charge in [0.2, 0.25) is 0 Å². The molecule has 0 radical (unpaired) electrons. The maximum absolute atomic E-state index is 12.8. The van der Waals surface area contributed by atoms with E-state index in [0.717, 1.165) is 11.4 Å². The van der Waals surface area contributed by atoms with Gasteiger partial charge in [-0.25, -0.2) is 0 Å². The number of allylic oxidation sites excluding steroid dienone is 2. The quantitative estimate of drug-likeness (QED) is 0.518. The largest absolute Gasteiger partial charge is 0.504 e. The number of amides is 2. The fourth-order valence-corrected chi connectivity index (χ4v) is 4.95. The molecule has 6 nitrogen and oxygen atoms in total. The molecular formula is C19H18N2O4. The van der Waals surface area contributed by atoms with Crippen LogP contribution < -0.4 is 4.74 Å². The van der Waals surface area contributed by atoms with Crippen molar-refractivity contribution in [2.45, 2.75) is 6.42 Å². The number of benzene rings is 1. The summed E-state index contributed by atoms with van der Waals surface area (Å²) < 4.78 is 5.06. The maximum atomic E-state index is 12.8. The van der Waals surface area contributed by atoms with Gasteiger partial charge in [-0.1, -0.05) is 12.2 Å². The van der Waals surface area contributed by atoms with Crippen molar-refractivity contribution >= 4 is 18.0 Å². The van der Waals surface area contributed by atoms with Gasteiger partial charge in [0, 0.05) is 0 Å². The van der Waals surface area contributed by atoms with Crippen LogP contribution in [0.4, 0.5) is 0 Å². The molecule has 1 N–H and O–H groups in total. The number of phenols is 1. The topological polar surface area (TPSA) is 79.2 Å². The predicted octanol–water partition coefficient (Wildman–Crippen LogP) is 1.79. The Morgan fingerprint density at radius 1 is 1.16 bits per heavy atom. The van der Waals surface area contributed by atoms with Crippen LogP contribution in [0.2, 0.25) is 0 Å². The molecular weight excluding hydrogens is 320 g/mol. The van der Waals surface area contributed by atoms with Crippen LogP contribution in [0, 0.1) is 35.5 Å². The second kappa shape index (κ2) is 4.94. The summed E-state index contributed by atoms with van der Waals surface area (Å²) in [6.45, 7) is 0. The zero-order valence-corrected chi connectivity index (χ0v) is 13.7. The summed E-state index contributed by atoms with van der Waals surface area (Å²) in [4.78, 5) is 25.6. The van der Waals surface area contributed by atoms with Crippen LogP contribution in [0.3, 0.4) is 0 Å². The van der Waals surface area contributed by atoms with E-state index in [1.807, 2.05) is 0 Å². The predicted molar refractivity (Wildman–Crippen MR) is 88.8 cm³/mol. The number of aromatic hydroxyl groups is 1. The first kappa shape index (κ1) is 14.7. The third-order valence-corrected chi connectivity index (χ3v) is 6.17. The van der Waals surface area contributed by atoms with E-state index in [0.29, 0.717) is 23.1 Å². The minimum atomic E-state index is -0.238. The summed E-state index contributed by atoms with van der Waals surface area (Å²) in [6, 6.07) is 4.75. The SMILES string of the molecule is COc1cc(/C=N\N2C(=O)[C@@H]3[C@H]4C=C[C@@H]([C@@H]5C[C@H]45)[C@@H]3C2=O)ccc1O. The lowest BCUT2D eigenvalue weighted by Gasteiger charge is -2.37. The van der Waals surface area contributed by atoms with Crippen molar-refractivity contribution in [2.75, 3.05) is 7.11 Å². The van der Waals surface area contributed by atoms with E-state index >= 15 is 0 Å². The normalized spacial score (nSPS) is 37.6. The van der Waals surface area contributed by atoms with Gasteiger partial charge in [0.1, 0.15) is 0 Å². The molecule has 2 bridgehead atoms. The average molecular weight is 338 g/mol. The molecule has 0 aromatic heterocycles. The van der Waals surface area contributed by atoms with Gasteiger partial charge in [0.05, 0.1) is 25.2 Å². The number of imide groups is 1. The van der Waals surface area contributed by atoms with Crippen molar-refractivity contribution in [3.05, 3.63) is 35.9 Å². The molecule has 1 saturated heterocycles. The van der Waals surface area contributed by atoms with Crippen LogP contribution >= 0.6 is 0 Å². The van der Waals surface area contributed by atoms with Gasteiger partial charge in [-0.15, -0.1) is 0 Å². The smallest absolute Gasteiger partial charge is 0.254 e. The molecule has 1 heterocycles. The van der Waals surface area contributed by atoms with E-state index in [1.165, 1.54) is 19.4 Å². The molecule has 2 amide bonds. The molecule has 2 saturated carbocycles. The molecule has 6 rings (SSSR count). The summed E-state index contributed by atoms with van der Waals surface area (Å²) in [5.74, 6) is 1.08. The summed E-state index contributed by atoms with van der Waals surface area (Å²) in [5, 5.41) is 14.9. The minimum absolute atomic E-state index is 0.0286. The summed E-state index contributed by atoms with van der Waals surface area (Å²) in [5.41, 5.74) is 0.647. The van der Waals surface area contributed by atoms with Crippen molar-refractivity contribution in [3.63, 3.8) is 0 Å². The fraction of sp³-hybridized carbons (Fsp3) is 0.421. The van der Waals surface area contributed by atoms with E-state index in [2.05, 4.69) is 17.3 Å². The highest BCUT2D eigenvalue weighted by atomic mass is 16.5. The summed E-state index contributed by atoms with van der Waals surface area (Å²) in [7, 11) is 1.46. The monoisotopic (exact) mass is 338 g/mol. The standard InChI is InChI=1S/C19H18N2O4/c1-25-15-6-9(2-5-14(15)22)8-20-21-18(23)16-10-3-4-11(13-7-12(10)13)17(16)19(21)24/h2-6,8,10-13,16-17,22H,7H2,1H3/b20-8-/t10-,11-,12-,13+,16-,17+/m0/s1. The first-order chi connectivity index (χ1) is 12.1. The number of ether oxygens (including phenoxy) is 1. The lowest BCUT2D eigenvalue weighted by molar-refractivity contribution is -0.140. The van der Waals surface area contributed by atoms with Crippen molar-refractivity contribution in [2.24, 2.45) is 40.6 Å². The molecule has 1 aromatic carbocycles. The molecule has 4 aliphatic carbocycles. The van der Waals surface area contributed by atoms with E-state index in [1.54, 1.807) is 12.1 Å². The van der Waals surface area contributed by atoms with E-state index in [9.17, 15) is 14.7 Å². The first-order valence-corrected chi connectivity index (χ1v) is 8.57. The Labute approximate surface area is 144 Å². The number of phenolic OH excluding ortho intramolecular Hbond substituents is 1. The van der Waals surface area contributed by atoms with Crippen LogP contribution in [0.1, 0.15) is 12.0 Å². The lowest BCUT2D eigenvalue weighted by Crippen LogP contribution is -2.40. The molecule has 128 valence electrons. The van der Waals surface area contributed by atoms with E-state index in [4.69, 9.17) is 4.74 Å². The van der Waals surface area contributed by atoms with Crippen molar-refractivity contribution in [3.8, 4) is 11.5 Å². The average Bonchev–Trinajstić information content (AvgIpc) is 3.40. The zero-order valence-electron chi connectivity index (χ0n) is 13.7. The van der Waals surface area contributed by atoms with Gasteiger partial charge in [-0.05, 0) is 53.9 Å². The Balaban J connectivity index is 1.42. The zero-order chi connectivity index (χ0) is 17.3. The third kappa shape index (κ3) is 1.94. The van der Waals surface area contributed by atoms with Gasteiger partial charge in [0.15, 0.2) is 11.5 Å². The molecule has 5 aliphatic rings. The highest BCUT2D eigenvalue weighted by molar-refractivity contribution is 6.06. The molecule has 25 heavy (non-hydrogen) atoms. The Hall–Kier alpha value is -2.63. The van der Waals surface area contributed by atoms with Crippen LogP contribution in [0.25, 0.3) is 0 Å². The van der Waals surface area contributed by atoms with Crippen molar-refractivity contribution in [1.29, 1.82) is 0 Å². The van der Waals surface area contributed by atoms with Crippen LogP contribution in [-0.4, -0.2) is 35.3 Å². The summed E-state index contributed by atoms with van der Waals surface area (Å²) in [6.07, 6.45) is 6.89. The van der Waals surface area contributed by atoms with Crippen molar-refractivity contribution < 1.29 is 19.4 Å². The molecule has 0 unspecified atom stereocenters. The first-order valence-electron chi connectivity index (χ1n) is 8.57. The lowest BCUT2D eigenvalue weighted by atomic mass is 9.63. The molecule has 0 spiro atoms. The number of hydrazone groups is 1. The molecule has 1 aliphatic heterocycles. The van der Waals surface area contributed by atoms with Gasteiger partial charge in [0.25, 0.3) is 11.8 Å². The number of carbonyl (C=O) groups is 2. The Bertz CT molecular complexity index is 810. The highest BCUT2D eigenvalue weighted by Crippen LogP contribution is 2.65. The Morgan fingerprint density at radius 2 is 1.80 bits per heavy atom. The molecule has 3 fully saturated rings. The second-order valence-electron chi connectivity index (χ2n) is 7.32. The molecule has 6 atom stereocenters. The number of hydrogen-bond acceptors (Lipinski definition) is 5. The van der Waals surface area contributed by atoms with Crippen LogP contribution in [0.5, 0.6) is 11.5 Å². The summed E-state index contributed by atoms with van der Waals surface area (Å²) >= 11 is 0. The van der Waals surface area contributed by atoms with Gasteiger partial charge in [-0.3, -0.25) is 9.59 Å². The third-order valence-electron chi connectivity index (χ3n) is 6.17. The second-order valence-corrected chi connectivity index (χ2v) is 7.32. The molecule has 6 heteroatoms. The van der Waals surface area contributed by atoms with Crippen LogP contribution in [-0.2, 0) is 9.59 Å². The van der Waals surface area contributed by atoms with Gasteiger partial charge in [-0.2, -0.15) is 10.1 Å². The number of rotatable bonds is 3. The van der Waals surface area contributed by atoms with Gasteiger partial charge >= 0.3 is 0 Å². The van der Waals surface area contributed by atoms with Crippen LogP contribution in [0.15, 0.2) is 35.5 Å². The van der Waals surface area contributed by atoms with E-state index < -0.39 is 0 Å². The van der Waals surface area contributed by atoms with Gasteiger partial charge < -0.3 is 9.84 Å². The fourth-order valence-electron chi connectivity index (χ4n) is 4.95. The maximum Gasteiger partial charge on any atom is 0.254 e. The highest BCUT2D eigenvalue weighted by Gasteiger charge is 2.67. The number of carbonyl (C=O) groups excluding carboxylic acids is 2. The Morgan fingerprint density at radius 3 is 2.40 bits per heavy atom. The van der Waals surface area contributed by atoms with E-state index in [-0.39, 0.29) is 41.2 Å². The number of methoxy groups -OCH3 is 1. The number of hydrogen-bond donors (Lipinski definition) is 1. The number of nitrogens with zero attached hydrogens (tertiary/aromatic N) is 2. The molecule has 1 aromatic rings. The Kier molecular flexibility index (Phi) is 2.90. The minimum Gasteiger partial charge on any atom is -0.504 e. The van der Waals surface area contributed by atoms with Crippen molar-refractivity contribution in [1.82, 2.24) is 5.01 Å².